The Bertz CT molecular complexity index is 852. The number of nitrogens with zero attached hydrogens (tertiary/aromatic N) is 1. The molecule has 0 aliphatic carbocycles. The Balaban J connectivity index is 1.75. The van der Waals surface area contributed by atoms with E-state index in [0.29, 0.717) is 30.0 Å². The topological polar surface area (TPSA) is 72.2 Å². The minimum Gasteiger partial charge on any atom is -0.441 e. The minimum absolute atomic E-state index is 0.192. The second-order valence-electron chi connectivity index (χ2n) is 4.59. The predicted octanol–water partition coefficient (Wildman–Crippen LogP) is 2.72. The van der Waals surface area contributed by atoms with E-state index in [4.69, 9.17) is 4.42 Å². The number of hydrogen-bond acceptors (Lipinski definition) is 5. The molecule has 2 aromatic heterocycles. The van der Waals surface area contributed by atoms with Gasteiger partial charge in [-0.2, -0.15) is 0 Å². The maximum Gasteiger partial charge on any atom is 0.240 e. The molecular weight excluding hydrogens is 308 g/mol. The van der Waals surface area contributed by atoms with Crippen molar-refractivity contribution >= 4 is 32.5 Å². The van der Waals surface area contributed by atoms with Crippen LogP contribution in [0.25, 0.3) is 11.1 Å². The highest BCUT2D eigenvalue weighted by molar-refractivity contribution is 7.89. The molecule has 5 nitrogen and oxygen atoms in total. The summed E-state index contributed by atoms with van der Waals surface area (Å²) < 4.78 is 32.5. The average Bonchev–Trinajstić information content (AvgIpc) is 3.05. The first-order valence-corrected chi connectivity index (χ1v) is 8.80. The molecule has 0 aliphatic rings. The first-order chi connectivity index (χ1) is 10.0. The Hall–Kier alpha value is -1.70. The largest absolute Gasteiger partial charge is 0.441 e. The van der Waals surface area contributed by atoms with Crippen LogP contribution < -0.4 is 4.72 Å². The average molecular weight is 322 g/mol. The Kier molecular flexibility index (Phi) is 3.79. The molecule has 1 N–H and O–H groups in total. The van der Waals surface area contributed by atoms with Gasteiger partial charge in [-0.15, -0.1) is 11.3 Å². The van der Waals surface area contributed by atoms with Crippen molar-refractivity contribution in [1.29, 1.82) is 0 Å². The number of oxazole rings is 1. The van der Waals surface area contributed by atoms with Crippen LogP contribution in [0.3, 0.4) is 0 Å². The lowest BCUT2D eigenvalue weighted by Crippen LogP contribution is -2.25. The SMILES string of the molecule is Cc1nc2ccc(S(=O)(=O)NCCc3cccs3)cc2o1. The Labute approximate surface area is 126 Å². The van der Waals surface area contributed by atoms with Crippen molar-refractivity contribution in [2.45, 2.75) is 18.2 Å². The van der Waals surface area contributed by atoms with Gasteiger partial charge in [0.15, 0.2) is 11.5 Å². The zero-order chi connectivity index (χ0) is 14.9. The number of aryl methyl sites for hydroxylation is 1. The Morgan fingerprint density at radius 2 is 2.19 bits per heavy atom. The summed E-state index contributed by atoms with van der Waals surface area (Å²) in [7, 11) is -3.53. The van der Waals surface area contributed by atoms with E-state index in [-0.39, 0.29) is 4.90 Å². The predicted molar refractivity (Wildman–Crippen MR) is 82.0 cm³/mol. The van der Waals surface area contributed by atoms with Gasteiger partial charge in [-0.25, -0.2) is 18.1 Å². The third kappa shape index (κ3) is 3.15. The van der Waals surface area contributed by atoms with Crippen LogP contribution in [0, 0.1) is 6.92 Å². The van der Waals surface area contributed by atoms with E-state index in [1.165, 1.54) is 12.1 Å². The van der Waals surface area contributed by atoms with Gasteiger partial charge in [-0.05, 0) is 30.0 Å². The fraction of sp³-hybridized carbons (Fsp3) is 0.214. The molecule has 110 valence electrons. The van der Waals surface area contributed by atoms with E-state index in [2.05, 4.69) is 9.71 Å². The van der Waals surface area contributed by atoms with Crippen LogP contribution in [0.15, 0.2) is 45.0 Å². The lowest BCUT2D eigenvalue weighted by Gasteiger charge is -2.05. The summed E-state index contributed by atoms with van der Waals surface area (Å²) in [5, 5.41) is 1.98. The molecule has 0 bridgehead atoms. The molecule has 7 heteroatoms. The number of thiophene rings is 1. The number of fused-ring (bicyclic) bond motifs is 1. The zero-order valence-corrected chi connectivity index (χ0v) is 13.0. The molecular formula is C14H14N2O3S2. The minimum atomic E-state index is -3.53. The van der Waals surface area contributed by atoms with Crippen LogP contribution in [0.5, 0.6) is 0 Å². The Morgan fingerprint density at radius 3 is 2.95 bits per heavy atom. The van der Waals surface area contributed by atoms with Crippen molar-refractivity contribution in [2.75, 3.05) is 6.54 Å². The molecule has 0 fully saturated rings. The monoisotopic (exact) mass is 322 g/mol. The van der Waals surface area contributed by atoms with Gasteiger partial charge in [0, 0.05) is 24.4 Å². The Morgan fingerprint density at radius 1 is 1.33 bits per heavy atom. The normalized spacial score (nSPS) is 12.0. The molecule has 0 radical (unpaired) electrons. The summed E-state index contributed by atoms with van der Waals surface area (Å²) in [6, 6.07) is 8.64. The van der Waals surface area contributed by atoms with Crippen molar-refractivity contribution in [3.63, 3.8) is 0 Å². The fourth-order valence-corrected chi connectivity index (χ4v) is 3.79. The molecule has 0 saturated heterocycles. The number of hydrogen-bond donors (Lipinski definition) is 1. The van der Waals surface area contributed by atoms with Gasteiger partial charge in [0.1, 0.15) is 5.52 Å². The molecule has 3 rings (SSSR count). The highest BCUT2D eigenvalue weighted by Gasteiger charge is 2.15. The molecule has 0 atom stereocenters. The van der Waals surface area contributed by atoms with Crippen molar-refractivity contribution in [3.05, 3.63) is 46.5 Å². The molecule has 3 aromatic rings. The molecule has 0 unspecified atom stereocenters. The van der Waals surface area contributed by atoms with E-state index in [1.807, 2.05) is 17.5 Å². The van der Waals surface area contributed by atoms with Crippen molar-refractivity contribution in [2.24, 2.45) is 0 Å². The van der Waals surface area contributed by atoms with E-state index < -0.39 is 10.0 Å². The van der Waals surface area contributed by atoms with Crippen LogP contribution in [-0.4, -0.2) is 19.9 Å². The van der Waals surface area contributed by atoms with Gasteiger partial charge in [-0.1, -0.05) is 6.07 Å². The van der Waals surface area contributed by atoms with Crippen molar-refractivity contribution in [3.8, 4) is 0 Å². The second-order valence-corrected chi connectivity index (χ2v) is 7.39. The van der Waals surface area contributed by atoms with Crippen LogP contribution in [0.4, 0.5) is 0 Å². The van der Waals surface area contributed by atoms with Gasteiger partial charge >= 0.3 is 0 Å². The van der Waals surface area contributed by atoms with Crippen LogP contribution >= 0.6 is 11.3 Å². The van der Waals surface area contributed by atoms with Gasteiger partial charge < -0.3 is 4.42 Å². The number of rotatable bonds is 5. The number of aromatic nitrogens is 1. The first kappa shape index (κ1) is 14.2. The van der Waals surface area contributed by atoms with Gasteiger partial charge in [0.2, 0.25) is 10.0 Å². The van der Waals surface area contributed by atoms with Gasteiger partial charge in [0.05, 0.1) is 4.90 Å². The van der Waals surface area contributed by atoms with Gasteiger partial charge in [-0.3, -0.25) is 0 Å². The summed E-state index contributed by atoms with van der Waals surface area (Å²) in [6.07, 6.45) is 0.681. The standard InChI is InChI=1S/C14H14N2O3S2/c1-10-16-13-5-4-12(9-14(13)19-10)21(17,18)15-7-6-11-3-2-8-20-11/h2-5,8-9,15H,6-7H2,1H3. The third-order valence-electron chi connectivity index (χ3n) is 3.02. The van der Waals surface area contributed by atoms with Crippen molar-refractivity contribution < 1.29 is 12.8 Å². The highest BCUT2D eigenvalue weighted by atomic mass is 32.2. The fourth-order valence-electron chi connectivity index (χ4n) is 2.03. The number of nitrogens with one attached hydrogen (secondary N) is 1. The summed E-state index contributed by atoms with van der Waals surface area (Å²) in [4.78, 5) is 5.50. The van der Waals surface area contributed by atoms with E-state index in [1.54, 1.807) is 24.3 Å². The molecule has 0 saturated carbocycles. The quantitative estimate of drug-likeness (QED) is 0.784. The number of benzene rings is 1. The van der Waals surface area contributed by atoms with Crippen LogP contribution in [0.2, 0.25) is 0 Å². The third-order valence-corrected chi connectivity index (χ3v) is 5.42. The van der Waals surface area contributed by atoms with Gasteiger partial charge in [0.25, 0.3) is 0 Å². The highest BCUT2D eigenvalue weighted by Crippen LogP contribution is 2.19. The lowest BCUT2D eigenvalue weighted by molar-refractivity contribution is 0.558. The summed E-state index contributed by atoms with van der Waals surface area (Å²) in [5.74, 6) is 0.519. The summed E-state index contributed by atoms with van der Waals surface area (Å²) in [6.45, 7) is 2.10. The summed E-state index contributed by atoms with van der Waals surface area (Å²) >= 11 is 1.62. The van der Waals surface area contributed by atoms with E-state index >= 15 is 0 Å². The van der Waals surface area contributed by atoms with E-state index in [0.717, 1.165) is 4.88 Å². The molecule has 21 heavy (non-hydrogen) atoms. The molecule has 0 amide bonds. The maximum atomic E-state index is 12.2. The van der Waals surface area contributed by atoms with E-state index in [9.17, 15) is 8.42 Å². The smallest absolute Gasteiger partial charge is 0.240 e. The summed E-state index contributed by atoms with van der Waals surface area (Å²) in [5.41, 5.74) is 1.14. The lowest BCUT2D eigenvalue weighted by atomic mass is 10.3. The molecule has 1 aromatic carbocycles. The maximum absolute atomic E-state index is 12.2. The number of sulfonamides is 1. The zero-order valence-electron chi connectivity index (χ0n) is 11.4. The molecule has 2 heterocycles. The molecule has 0 aliphatic heterocycles. The van der Waals surface area contributed by atoms with Crippen LogP contribution in [0.1, 0.15) is 10.8 Å². The second kappa shape index (κ2) is 5.59. The first-order valence-electron chi connectivity index (χ1n) is 6.44. The van der Waals surface area contributed by atoms with Crippen LogP contribution in [-0.2, 0) is 16.4 Å². The molecule has 0 spiro atoms. The van der Waals surface area contributed by atoms with Crippen molar-refractivity contribution in [1.82, 2.24) is 9.71 Å².